The van der Waals surface area contributed by atoms with Gasteiger partial charge in [-0.25, -0.2) is 13.2 Å². The molecule has 4 unspecified atom stereocenters. The first-order valence-corrected chi connectivity index (χ1v) is 17.4. The molecule has 0 aliphatic carbocycles. The fourth-order valence-corrected chi connectivity index (χ4v) is 6.85. The molecule has 1 aliphatic heterocycles. The Morgan fingerprint density at radius 3 is 2.06 bits per heavy atom. The molecule has 4 atom stereocenters. The SMILES string of the molecule is CCCOC1C(c2cc(OC)c(OC)c(OC)c2)OC(c2cccc(S(=O)(=O)CCC)c2)C1OCCNC(=O)OCc1ccccc1. The quantitative estimate of drug-likeness (QED) is 0.176. The number of methoxy groups -OCH3 is 3. The van der Waals surface area contributed by atoms with Crippen molar-refractivity contribution in [2.75, 3.05) is 46.8 Å². The molecule has 11 nitrogen and oxygen atoms in total. The van der Waals surface area contributed by atoms with E-state index in [9.17, 15) is 13.2 Å². The summed E-state index contributed by atoms with van der Waals surface area (Å²) >= 11 is 0. The topological polar surface area (TPSA) is 128 Å². The van der Waals surface area contributed by atoms with E-state index in [0.717, 1.165) is 12.0 Å². The van der Waals surface area contributed by atoms with Crippen LogP contribution in [0.4, 0.5) is 4.79 Å². The summed E-state index contributed by atoms with van der Waals surface area (Å²) in [5.74, 6) is 1.37. The molecule has 0 saturated carbocycles. The maximum Gasteiger partial charge on any atom is 0.407 e. The van der Waals surface area contributed by atoms with Crippen molar-refractivity contribution in [2.45, 2.75) is 62.6 Å². The highest BCUT2D eigenvalue weighted by atomic mass is 32.2. The predicted molar refractivity (Wildman–Crippen MR) is 176 cm³/mol. The third-order valence-corrected chi connectivity index (χ3v) is 9.57. The fourth-order valence-electron chi connectivity index (χ4n) is 5.47. The van der Waals surface area contributed by atoms with Gasteiger partial charge in [-0.3, -0.25) is 0 Å². The number of hydrogen-bond donors (Lipinski definition) is 1. The van der Waals surface area contributed by atoms with Crippen molar-refractivity contribution in [3.05, 3.63) is 83.4 Å². The third kappa shape index (κ3) is 9.16. The monoisotopic (exact) mass is 671 g/mol. The van der Waals surface area contributed by atoms with Gasteiger partial charge in [0.1, 0.15) is 31.0 Å². The third-order valence-electron chi connectivity index (χ3n) is 7.66. The molecule has 3 aromatic rings. The van der Waals surface area contributed by atoms with Crippen molar-refractivity contribution in [3.8, 4) is 17.2 Å². The van der Waals surface area contributed by atoms with E-state index in [2.05, 4.69) is 5.32 Å². The molecule has 1 aliphatic rings. The van der Waals surface area contributed by atoms with Crippen LogP contribution < -0.4 is 19.5 Å². The van der Waals surface area contributed by atoms with E-state index >= 15 is 0 Å². The van der Waals surface area contributed by atoms with Gasteiger partial charge in [-0.15, -0.1) is 0 Å². The molecule has 0 bridgehead atoms. The Hall–Kier alpha value is -3.84. The Morgan fingerprint density at radius 2 is 1.45 bits per heavy atom. The van der Waals surface area contributed by atoms with Crippen LogP contribution in [0.2, 0.25) is 0 Å². The predicted octanol–water partition coefficient (Wildman–Crippen LogP) is 5.82. The summed E-state index contributed by atoms with van der Waals surface area (Å²) in [5.41, 5.74) is 2.21. The molecule has 0 spiro atoms. The molecule has 1 fully saturated rings. The van der Waals surface area contributed by atoms with Crippen LogP contribution in [-0.4, -0.2) is 73.6 Å². The lowest BCUT2D eigenvalue weighted by atomic mass is 9.97. The summed E-state index contributed by atoms with van der Waals surface area (Å²) in [6.07, 6.45) is -1.96. The van der Waals surface area contributed by atoms with Gasteiger partial charge in [0, 0.05) is 13.2 Å². The number of carbonyl (C=O) groups excluding carboxylic acids is 1. The lowest BCUT2D eigenvalue weighted by molar-refractivity contribution is -0.0661. The number of amides is 1. The smallest absolute Gasteiger partial charge is 0.407 e. The van der Waals surface area contributed by atoms with Crippen LogP contribution in [0.1, 0.15) is 55.6 Å². The van der Waals surface area contributed by atoms with Crippen molar-refractivity contribution in [3.63, 3.8) is 0 Å². The lowest BCUT2D eigenvalue weighted by Crippen LogP contribution is -2.36. The number of rotatable bonds is 17. The number of alkyl carbamates (subject to hydrolysis) is 1. The zero-order valence-electron chi connectivity index (χ0n) is 27.6. The molecule has 3 aromatic carbocycles. The van der Waals surface area contributed by atoms with Gasteiger partial charge in [-0.1, -0.05) is 56.3 Å². The standard InChI is InChI=1S/C35H45NO10S/c1-6-17-43-34-31(26-21-28(40-3)32(42-5)29(22-26)41-4)46-30(25-14-11-15-27(20-25)47(38,39)19-7-2)33(34)44-18-16-36-35(37)45-23-24-12-9-8-10-13-24/h8-15,20-22,30-31,33-34H,6-7,16-19,23H2,1-5H3,(H,36,37). The van der Waals surface area contributed by atoms with Gasteiger partial charge < -0.3 is 38.5 Å². The van der Waals surface area contributed by atoms with Crippen LogP contribution in [0.25, 0.3) is 0 Å². The van der Waals surface area contributed by atoms with Crippen LogP contribution in [0.15, 0.2) is 71.6 Å². The normalized spacial score (nSPS) is 19.3. The molecule has 12 heteroatoms. The number of sulfone groups is 1. The van der Waals surface area contributed by atoms with Crippen LogP contribution in [-0.2, 0) is 35.4 Å². The molecule has 1 amide bonds. The van der Waals surface area contributed by atoms with Gasteiger partial charge in [-0.05, 0) is 53.8 Å². The zero-order valence-corrected chi connectivity index (χ0v) is 28.4. The van der Waals surface area contributed by atoms with Crippen molar-refractivity contribution >= 4 is 15.9 Å². The first kappa shape index (κ1) is 36.0. The maximum absolute atomic E-state index is 13.0. The number of ether oxygens (including phenoxy) is 7. The minimum absolute atomic E-state index is 0.0320. The number of benzene rings is 3. The zero-order chi connectivity index (χ0) is 33.8. The van der Waals surface area contributed by atoms with E-state index in [-0.39, 0.29) is 30.4 Å². The molecular formula is C35H45NO10S. The van der Waals surface area contributed by atoms with E-state index in [4.69, 9.17) is 33.2 Å². The number of hydrogen-bond acceptors (Lipinski definition) is 10. The van der Waals surface area contributed by atoms with E-state index in [1.54, 1.807) is 30.3 Å². The van der Waals surface area contributed by atoms with E-state index in [1.165, 1.54) is 21.3 Å². The van der Waals surface area contributed by atoms with Crippen molar-refractivity contribution in [1.82, 2.24) is 5.32 Å². The highest BCUT2D eigenvalue weighted by Crippen LogP contribution is 2.48. The molecule has 4 rings (SSSR count). The Kier molecular flexibility index (Phi) is 13.3. The average Bonchev–Trinajstić information content (AvgIpc) is 3.46. The highest BCUT2D eigenvalue weighted by Gasteiger charge is 2.48. The van der Waals surface area contributed by atoms with Gasteiger partial charge >= 0.3 is 6.09 Å². The summed E-state index contributed by atoms with van der Waals surface area (Å²) < 4.78 is 67.6. The second kappa shape index (κ2) is 17.4. The Bertz CT molecular complexity index is 1520. The fraction of sp³-hybridized carbons (Fsp3) is 0.457. The molecule has 256 valence electrons. The first-order valence-electron chi connectivity index (χ1n) is 15.7. The summed E-state index contributed by atoms with van der Waals surface area (Å²) in [6, 6.07) is 19.8. The van der Waals surface area contributed by atoms with Crippen LogP contribution in [0.5, 0.6) is 17.2 Å². The lowest BCUT2D eigenvalue weighted by Gasteiger charge is -2.26. The molecule has 0 aromatic heterocycles. The number of nitrogens with one attached hydrogen (secondary N) is 1. The average molecular weight is 672 g/mol. The second-order valence-electron chi connectivity index (χ2n) is 11.0. The maximum atomic E-state index is 13.0. The molecular weight excluding hydrogens is 626 g/mol. The molecule has 0 radical (unpaired) electrons. The van der Waals surface area contributed by atoms with Crippen molar-refractivity contribution in [1.29, 1.82) is 0 Å². The minimum Gasteiger partial charge on any atom is -0.493 e. The van der Waals surface area contributed by atoms with E-state index in [0.29, 0.717) is 41.4 Å². The van der Waals surface area contributed by atoms with Crippen LogP contribution in [0, 0.1) is 0 Å². The molecule has 47 heavy (non-hydrogen) atoms. The second-order valence-corrected chi connectivity index (χ2v) is 13.1. The van der Waals surface area contributed by atoms with Gasteiger partial charge in [0.05, 0.1) is 38.6 Å². The summed E-state index contributed by atoms with van der Waals surface area (Å²) in [4.78, 5) is 12.6. The summed E-state index contributed by atoms with van der Waals surface area (Å²) in [5, 5.41) is 2.72. The minimum atomic E-state index is -3.49. The molecule has 1 saturated heterocycles. The van der Waals surface area contributed by atoms with Crippen molar-refractivity contribution in [2.24, 2.45) is 0 Å². The summed E-state index contributed by atoms with van der Waals surface area (Å²) in [7, 11) is 1.12. The molecule has 1 N–H and O–H groups in total. The largest absolute Gasteiger partial charge is 0.493 e. The molecule has 1 heterocycles. The van der Waals surface area contributed by atoms with Crippen LogP contribution in [0.3, 0.4) is 0 Å². The Balaban J connectivity index is 1.62. The van der Waals surface area contributed by atoms with Crippen molar-refractivity contribution < 1.29 is 46.4 Å². The van der Waals surface area contributed by atoms with Gasteiger partial charge in [0.25, 0.3) is 0 Å². The summed E-state index contributed by atoms with van der Waals surface area (Å²) in [6.45, 7) is 4.69. The first-order chi connectivity index (χ1) is 22.8. The number of carbonyl (C=O) groups is 1. The Morgan fingerprint density at radius 1 is 0.787 bits per heavy atom. The van der Waals surface area contributed by atoms with Gasteiger partial charge in [-0.2, -0.15) is 0 Å². The Labute approximate surface area is 277 Å². The van der Waals surface area contributed by atoms with Crippen LogP contribution >= 0.6 is 0 Å². The highest BCUT2D eigenvalue weighted by molar-refractivity contribution is 7.91. The van der Waals surface area contributed by atoms with E-state index < -0.39 is 40.3 Å². The van der Waals surface area contributed by atoms with E-state index in [1.807, 2.05) is 50.2 Å². The van der Waals surface area contributed by atoms with Gasteiger partial charge in [0.15, 0.2) is 21.3 Å². The van der Waals surface area contributed by atoms with Gasteiger partial charge in [0.2, 0.25) is 5.75 Å².